The van der Waals surface area contributed by atoms with Gasteiger partial charge in [0.05, 0.1) is 12.1 Å². The van der Waals surface area contributed by atoms with E-state index in [1.807, 2.05) is 41.8 Å². The highest BCUT2D eigenvalue weighted by Gasteiger charge is 2.34. The van der Waals surface area contributed by atoms with E-state index in [-0.39, 0.29) is 23.1 Å². The zero-order chi connectivity index (χ0) is 16.8. The fourth-order valence-electron chi connectivity index (χ4n) is 3.86. The molecule has 1 saturated carbocycles. The Kier molecular flexibility index (Phi) is 3.40. The smallest absolute Gasteiger partial charge is 0.265 e. The molecule has 24 heavy (non-hydrogen) atoms. The minimum Gasteiger partial charge on any atom is -0.358 e. The summed E-state index contributed by atoms with van der Waals surface area (Å²) in [5.41, 5.74) is 2.34. The molecular weight excluding hydrogens is 302 g/mol. The number of anilines is 1. The van der Waals surface area contributed by atoms with Crippen molar-refractivity contribution in [1.29, 1.82) is 5.41 Å². The summed E-state index contributed by atoms with van der Waals surface area (Å²) in [5.74, 6) is 0. The van der Waals surface area contributed by atoms with Crippen LogP contribution in [0.3, 0.4) is 0 Å². The van der Waals surface area contributed by atoms with E-state index in [1.54, 1.807) is 11.6 Å². The van der Waals surface area contributed by atoms with Crippen LogP contribution in [0.15, 0.2) is 40.1 Å². The van der Waals surface area contributed by atoms with Crippen molar-refractivity contribution in [2.75, 3.05) is 5.32 Å². The molecule has 6 nitrogen and oxygen atoms in total. The van der Waals surface area contributed by atoms with Crippen LogP contribution in [-0.4, -0.2) is 15.2 Å². The zero-order valence-electron chi connectivity index (χ0n) is 13.9. The van der Waals surface area contributed by atoms with E-state index in [0.717, 1.165) is 24.9 Å². The molecule has 4 rings (SSSR count). The van der Waals surface area contributed by atoms with Gasteiger partial charge in [0.2, 0.25) is 5.62 Å². The first-order chi connectivity index (χ1) is 11.6. The minimum absolute atomic E-state index is 0.170. The van der Waals surface area contributed by atoms with Crippen LogP contribution in [0.2, 0.25) is 0 Å². The van der Waals surface area contributed by atoms with Gasteiger partial charge in [-0.3, -0.25) is 19.3 Å². The van der Waals surface area contributed by atoms with Gasteiger partial charge in [0.25, 0.3) is 5.56 Å². The lowest BCUT2D eigenvalue weighted by molar-refractivity contribution is 0.466. The van der Waals surface area contributed by atoms with Gasteiger partial charge in [-0.05, 0) is 38.3 Å². The molecule has 0 saturated heterocycles. The average Bonchev–Trinajstić information content (AvgIpc) is 3.14. The molecule has 0 bridgehead atoms. The van der Waals surface area contributed by atoms with E-state index in [0.29, 0.717) is 16.5 Å². The topological polar surface area (TPSA) is 75.2 Å². The fraction of sp³-hybridized carbons (Fsp3) is 0.389. The molecule has 2 heterocycles. The van der Waals surface area contributed by atoms with E-state index in [2.05, 4.69) is 5.32 Å². The Hall–Kier alpha value is -2.63. The number of para-hydroxylation sites is 1. The third kappa shape index (κ3) is 2.13. The van der Waals surface area contributed by atoms with Crippen molar-refractivity contribution in [2.45, 2.75) is 38.3 Å². The molecule has 2 aliphatic rings. The summed E-state index contributed by atoms with van der Waals surface area (Å²) in [5, 5.41) is 12.3. The van der Waals surface area contributed by atoms with Crippen LogP contribution >= 0.6 is 0 Å². The molecule has 1 aromatic carbocycles. The highest BCUT2D eigenvalue weighted by molar-refractivity contribution is 5.62. The summed E-state index contributed by atoms with van der Waals surface area (Å²) < 4.78 is 3.53. The van der Waals surface area contributed by atoms with Gasteiger partial charge in [0, 0.05) is 18.4 Å². The lowest BCUT2D eigenvalue weighted by Gasteiger charge is -2.14. The number of fused-ring (bicyclic) bond motifs is 3. The van der Waals surface area contributed by atoms with Crippen LogP contribution in [0.25, 0.3) is 5.70 Å². The Labute approximate surface area is 139 Å². The number of hydrogen-bond acceptors (Lipinski definition) is 4. The number of aromatic nitrogens is 2. The molecule has 1 aromatic heterocycles. The first-order valence-corrected chi connectivity index (χ1v) is 8.35. The average molecular weight is 323 g/mol. The predicted molar refractivity (Wildman–Crippen MR) is 92.1 cm³/mol. The Morgan fingerprint density at radius 3 is 2.79 bits per heavy atom. The SMILES string of the molecule is C/C(Nc1ccccc1)=c1/c(=O)n(C)c2n(c1=N)[C@H]1CCC[C@H]1N=2. The maximum Gasteiger partial charge on any atom is 0.265 e. The highest BCUT2D eigenvalue weighted by atomic mass is 16.1. The highest BCUT2D eigenvalue weighted by Crippen LogP contribution is 2.32. The lowest BCUT2D eigenvalue weighted by atomic mass is 10.2. The van der Waals surface area contributed by atoms with Gasteiger partial charge in [-0.25, -0.2) is 4.99 Å². The summed E-state index contributed by atoms with van der Waals surface area (Å²) in [6.07, 6.45) is 3.20. The number of rotatable bonds is 2. The Bertz CT molecular complexity index is 1030. The summed E-state index contributed by atoms with van der Waals surface area (Å²) in [4.78, 5) is 17.5. The van der Waals surface area contributed by atoms with Gasteiger partial charge in [-0.1, -0.05) is 18.2 Å². The van der Waals surface area contributed by atoms with Crippen LogP contribution in [0, 0.1) is 5.41 Å². The quantitative estimate of drug-likeness (QED) is 0.851. The zero-order valence-corrected chi connectivity index (χ0v) is 13.9. The largest absolute Gasteiger partial charge is 0.358 e. The molecule has 0 radical (unpaired) electrons. The van der Waals surface area contributed by atoms with E-state index in [1.165, 1.54) is 0 Å². The van der Waals surface area contributed by atoms with E-state index < -0.39 is 0 Å². The Morgan fingerprint density at radius 2 is 2.04 bits per heavy atom. The van der Waals surface area contributed by atoms with Crippen molar-refractivity contribution in [3.05, 3.63) is 57.0 Å². The molecule has 2 aromatic rings. The second-order valence-electron chi connectivity index (χ2n) is 6.57. The molecule has 1 aliphatic heterocycles. The van der Waals surface area contributed by atoms with E-state index >= 15 is 0 Å². The predicted octanol–water partition coefficient (Wildman–Crippen LogP) is 0.633. The van der Waals surface area contributed by atoms with Gasteiger partial charge in [-0.2, -0.15) is 0 Å². The third-order valence-electron chi connectivity index (χ3n) is 5.05. The second kappa shape index (κ2) is 5.47. The summed E-state index contributed by atoms with van der Waals surface area (Å²) >= 11 is 0. The molecule has 2 N–H and O–H groups in total. The number of nitrogens with zero attached hydrogens (tertiary/aromatic N) is 3. The molecule has 2 atom stereocenters. The molecule has 0 spiro atoms. The van der Waals surface area contributed by atoms with Gasteiger partial charge < -0.3 is 5.32 Å². The third-order valence-corrected chi connectivity index (χ3v) is 5.05. The van der Waals surface area contributed by atoms with Gasteiger partial charge in [0.15, 0.2) is 0 Å². The fourth-order valence-corrected chi connectivity index (χ4v) is 3.86. The Balaban J connectivity index is 1.96. The van der Waals surface area contributed by atoms with Crippen LogP contribution in [0.1, 0.15) is 32.2 Å². The molecule has 6 heteroatoms. The van der Waals surface area contributed by atoms with Crippen LogP contribution < -0.4 is 27.2 Å². The van der Waals surface area contributed by atoms with Crippen LogP contribution in [-0.2, 0) is 7.05 Å². The summed E-state index contributed by atoms with van der Waals surface area (Å²) in [6.45, 7) is 1.85. The molecule has 0 unspecified atom stereocenters. The van der Waals surface area contributed by atoms with E-state index in [9.17, 15) is 4.79 Å². The van der Waals surface area contributed by atoms with Crippen LogP contribution in [0.4, 0.5) is 5.69 Å². The minimum atomic E-state index is -0.170. The maximum atomic E-state index is 12.8. The molecule has 1 aliphatic carbocycles. The van der Waals surface area contributed by atoms with Crippen LogP contribution in [0.5, 0.6) is 0 Å². The monoisotopic (exact) mass is 323 g/mol. The maximum absolute atomic E-state index is 12.8. The normalized spacial score (nSPS) is 22.6. The number of nitrogens with one attached hydrogen (secondary N) is 2. The standard InChI is InChI=1S/C18H21N5O/c1-11(20-12-7-4-3-5-8-12)15-16(19)23-14-10-6-9-13(14)21-18(23)22(2)17(15)24/h3-5,7-8,13-14,19-20H,6,9-10H2,1-2H3/b15-11-,19-16?/t13-,14+/m1/s1. The first-order valence-electron chi connectivity index (χ1n) is 8.35. The first kappa shape index (κ1) is 14.9. The lowest BCUT2D eigenvalue weighted by Crippen LogP contribution is -2.58. The second-order valence-corrected chi connectivity index (χ2v) is 6.57. The van der Waals surface area contributed by atoms with Crippen molar-refractivity contribution in [3.63, 3.8) is 0 Å². The van der Waals surface area contributed by atoms with Gasteiger partial charge in [0.1, 0.15) is 10.7 Å². The van der Waals surface area contributed by atoms with Crippen molar-refractivity contribution in [1.82, 2.24) is 9.13 Å². The Morgan fingerprint density at radius 1 is 1.29 bits per heavy atom. The molecular formula is C18H21N5O. The van der Waals surface area contributed by atoms with Crippen molar-refractivity contribution in [2.24, 2.45) is 12.0 Å². The van der Waals surface area contributed by atoms with Crippen molar-refractivity contribution >= 4 is 11.4 Å². The van der Waals surface area contributed by atoms with Gasteiger partial charge in [-0.15, -0.1) is 0 Å². The summed E-state index contributed by atoms with van der Waals surface area (Å²) in [6, 6.07) is 10.2. The summed E-state index contributed by atoms with van der Waals surface area (Å²) in [7, 11) is 1.75. The number of hydrogen-bond donors (Lipinski definition) is 2. The molecule has 124 valence electrons. The van der Waals surface area contributed by atoms with E-state index in [4.69, 9.17) is 10.4 Å². The molecule has 1 fully saturated rings. The number of benzene rings is 1. The molecule has 0 amide bonds. The van der Waals surface area contributed by atoms with Crippen molar-refractivity contribution < 1.29 is 0 Å². The van der Waals surface area contributed by atoms with Crippen molar-refractivity contribution in [3.8, 4) is 0 Å². The van der Waals surface area contributed by atoms with Gasteiger partial charge >= 0.3 is 0 Å².